The second-order valence-corrected chi connectivity index (χ2v) is 8.54. The first kappa shape index (κ1) is 25.4. The summed E-state index contributed by atoms with van der Waals surface area (Å²) in [5, 5.41) is 11.7. The van der Waals surface area contributed by atoms with Crippen LogP contribution in [0.15, 0.2) is 77.9 Å². The molecular weight excluding hydrogens is 476 g/mol. The fourth-order valence-corrected chi connectivity index (χ4v) is 3.87. The molecule has 190 valence electrons. The van der Waals surface area contributed by atoms with Crippen LogP contribution in [0.1, 0.15) is 24.0 Å². The highest BCUT2D eigenvalue weighted by Crippen LogP contribution is 2.23. The molecular formula is C27H26N4O6. The zero-order valence-electron chi connectivity index (χ0n) is 19.9. The van der Waals surface area contributed by atoms with Crippen LogP contribution in [0.3, 0.4) is 0 Å². The third kappa shape index (κ3) is 7.14. The quantitative estimate of drug-likeness (QED) is 0.298. The number of carboxylic acids is 1. The van der Waals surface area contributed by atoms with E-state index in [-0.39, 0.29) is 37.4 Å². The van der Waals surface area contributed by atoms with E-state index in [1.165, 1.54) is 6.20 Å². The van der Waals surface area contributed by atoms with Gasteiger partial charge in [-0.1, -0.05) is 30.3 Å². The van der Waals surface area contributed by atoms with Gasteiger partial charge in [0.25, 0.3) is 0 Å². The largest absolute Gasteiger partial charge is 0.491 e. The van der Waals surface area contributed by atoms with Crippen molar-refractivity contribution in [2.75, 3.05) is 6.61 Å². The molecule has 4 rings (SSSR count). The number of amidine groups is 1. The van der Waals surface area contributed by atoms with Crippen molar-refractivity contribution in [3.8, 4) is 17.0 Å². The number of nitrogens with one attached hydrogen (secondary N) is 1. The predicted octanol–water partition coefficient (Wildman–Crippen LogP) is 3.15. The van der Waals surface area contributed by atoms with Crippen LogP contribution in [0.25, 0.3) is 11.3 Å². The SMILES string of the molecule is NC(=NC(=O)OCc1ccccc1)c1ccc(-c2ccc(OC[C@@H]3C[C@@H](CC(=O)O)C(=O)N3)cc2)nc1. The van der Waals surface area contributed by atoms with E-state index in [1.54, 1.807) is 24.3 Å². The van der Waals surface area contributed by atoms with Gasteiger partial charge in [0.05, 0.1) is 24.1 Å². The topological polar surface area (TPSA) is 153 Å². The van der Waals surface area contributed by atoms with Crippen molar-refractivity contribution >= 4 is 23.8 Å². The molecule has 1 aliphatic heterocycles. The van der Waals surface area contributed by atoms with Crippen molar-refractivity contribution < 1.29 is 29.0 Å². The van der Waals surface area contributed by atoms with Gasteiger partial charge in [0, 0.05) is 17.3 Å². The van der Waals surface area contributed by atoms with E-state index in [0.29, 0.717) is 23.4 Å². The second-order valence-electron chi connectivity index (χ2n) is 8.54. The summed E-state index contributed by atoms with van der Waals surface area (Å²) in [6, 6.07) is 19.8. The van der Waals surface area contributed by atoms with Crippen LogP contribution >= 0.6 is 0 Å². The number of hydrogen-bond acceptors (Lipinski definition) is 6. The molecule has 0 unspecified atom stereocenters. The summed E-state index contributed by atoms with van der Waals surface area (Å²) in [6.07, 6.45) is 0.991. The van der Waals surface area contributed by atoms with Gasteiger partial charge in [-0.25, -0.2) is 4.79 Å². The van der Waals surface area contributed by atoms with E-state index in [1.807, 2.05) is 42.5 Å². The molecule has 1 fully saturated rings. The van der Waals surface area contributed by atoms with Crippen molar-refractivity contribution in [3.05, 3.63) is 84.1 Å². The first-order valence-corrected chi connectivity index (χ1v) is 11.6. The Morgan fingerprint density at radius 2 is 1.84 bits per heavy atom. The minimum Gasteiger partial charge on any atom is -0.491 e. The summed E-state index contributed by atoms with van der Waals surface area (Å²) in [4.78, 5) is 42.9. The Morgan fingerprint density at radius 1 is 1.08 bits per heavy atom. The fraction of sp³-hybridized carbons (Fsp3) is 0.222. The summed E-state index contributed by atoms with van der Waals surface area (Å²) in [7, 11) is 0. The molecule has 10 heteroatoms. The van der Waals surface area contributed by atoms with Gasteiger partial charge >= 0.3 is 12.1 Å². The summed E-state index contributed by atoms with van der Waals surface area (Å²) in [5.41, 5.74) is 8.80. The van der Waals surface area contributed by atoms with Crippen LogP contribution in [0.2, 0.25) is 0 Å². The molecule has 2 atom stereocenters. The van der Waals surface area contributed by atoms with Gasteiger partial charge in [0.15, 0.2) is 0 Å². The summed E-state index contributed by atoms with van der Waals surface area (Å²) < 4.78 is 10.9. The van der Waals surface area contributed by atoms with Gasteiger partial charge in [-0.05, 0) is 48.4 Å². The number of amides is 2. The number of aliphatic imine (C=N–C) groups is 1. The van der Waals surface area contributed by atoms with E-state index in [2.05, 4.69) is 15.3 Å². The standard InChI is InChI=1S/C27H26N4O6/c28-25(31-27(35)37-15-17-4-2-1-3-5-17)19-8-11-23(29-14-19)18-6-9-22(10-7-18)36-16-21-12-20(13-24(32)33)26(34)30-21/h1-11,14,20-21H,12-13,15-16H2,(H,30,34)(H,32,33)(H2,28,31,35)/t20-,21-/m0/s1. The molecule has 0 aliphatic carbocycles. The Morgan fingerprint density at radius 3 is 2.51 bits per heavy atom. The van der Waals surface area contributed by atoms with E-state index in [0.717, 1.165) is 11.1 Å². The minimum absolute atomic E-state index is 0.00505. The van der Waals surface area contributed by atoms with Gasteiger partial charge in [-0.2, -0.15) is 4.99 Å². The molecule has 2 amide bonds. The third-order valence-electron chi connectivity index (χ3n) is 5.78. The minimum atomic E-state index is -0.990. The Hall–Kier alpha value is -4.73. The molecule has 2 heterocycles. The molecule has 0 saturated carbocycles. The van der Waals surface area contributed by atoms with Gasteiger partial charge in [0.1, 0.15) is 24.8 Å². The third-order valence-corrected chi connectivity index (χ3v) is 5.78. The molecule has 0 bridgehead atoms. The molecule has 2 aromatic carbocycles. The number of carboxylic acid groups (broad SMARTS) is 1. The first-order chi connectivity index (χ1) is 17.9. The highest BCUT2D eigenvalue weighted by molar-refractivity contribution is 6.02. The van der Waals surface area contributed by atoms with Crippen molar-refractivity contribution in [2.45, 2.75) is 25.5 Å². The summed E-state index contributed by atoms with van der Waals surface area (Å²) >= 11 is 0. The average Bonchev–Trinajstić information content (AvgIpc) is 3.25. The monoisotopic (exact) mass is 502 g/mol. The number of nitrogens with zero attached hydrogens (tertiary/aromatic N) is 2. The Kier molecular flexibility index (Phi) is 8.09. The Labute approximate surface area is 213 Å². The molecule has 10 nitrogen and oxygen atoms in total. The van der Waals surface area contributed by atoms with Crippen LogP contribution < -0.4 is 15.8 Å². The summed E-state index contributed by atoms with van der Waals surface area (Å²) in [6.45, 7) is 0.356. The molecule has 1 aromatic heterocycles. The molecule has 37 heavy (non-hydrogen) atoms. The maximum atomic E-state index is 12.0. The van der Waals surface area contributed by atoms with Crippen LogP contribution in [-0.4, -0.2) is 46.5 Å². The lowest BCUT2D eigenvalue weighted by Crippen LogP contribution is -2.31. The van der Waals surface area contributed by atoms with Crippen molar-refractivity contribution in [3.63, 3.8) is 0 Å². The lowest BCUT2D eigenvalue weighted by molar-refractivity contribution is -0.140. The Bertz CT molecular complexity index is 1280. The van der Waals surface area contributed by atoms with Crippen LogP contribution in [0, 0.1) is 5.92 Å². The maximum absolute atomic E-state index is 12.0. The van der Waals surface area contributed by atoms with Crippen LogP contribution in [-0.2, 0) is 20.9 Å². The summed E-state index contributed by atoms with van der Waals surface area (Å²) in [5.74, 6) is -1.15. The normalized spacial score (nSPS) is 17.2. The Balaban J connectivity index is 1.29. The maximum Gasteiger partial charge on any atom is 0.435 e. The van der Waals surface area contributed by atoms with Crippen LogP contribution in [0.5, 0.6) is 5.75 Å². The number of aromatic nitrogens is 1. The number of aliphatic carboxylic acids is 1. The van der Waals surface area contributed by atoms with E-state index in [4.69, 9.17) is 20.3 Å². The number of nitrogens with two attached hydrogens (primary N) is 1. The van der Waals surface area contributed by atoms with E-state index >= 15 is 0 Å². The van der Waals surface area contributed by atoms with Crippen molar-refractivity contribution in [1.29, 1.82) is 0 Å². The van der Waals surface area contributed by atoms with Crippen molar-refractivity contribution in [2.24, 2.45) is 16.6 Å². The molecule has 1 aliphatic rings. The van der Waals surface area contributed by atoms with Crippen LogP contribution in [0.4, 0.5) is 4.79 Å². The number of ether oxygens (including phenoxy) is 2. The van der Waals surface area contributed by atoms with Gasteiger partial charge < -0.3 is 25.6 Å². The lowest BCUT2D eigenvalue weighted by atomic mass is 10.0. The number of carbonyl (C=O) groups is 3. The first-order valence-electron chi connectivity index (χ1n) is 11.6. The second kappa shape index (κ2) is 11.8. The molecule has 0 spiro atoms. The predicted molar refractivity (Wildman–Crippen MR) is 135 cm³/mol. The highest BCUT2D eigenvalue weighted by Gasteiger charge is 2.33. The molecule has 3 aromatic rings. The molecule has 4 N–H and O–H groups in total. The average molecular weight is 503 g/mol. The van der Waals surface area contributed by atoms with Gasteiger partial charge in [0.2, 0.25) is 5.91 Å². The number of hydrogen-bond donors (Lipinski definition) is 3. The van der Waals surface area contributed by atoms with E-state index in [9.17, 15) is 14.4 Å². The highest BCUT2D eigenvalue weighted by atomic mass is 16.5. The zero-order valence-corrected chi connectivity index (χ0v) is 19.9. The number of pyridine rings is 1. The zero-order chi connectivity index (χ0) is 26.2. The molecule has 1 saturated heterocycles. The number of benzene rings is 2. The van der Waals surface area contributed by atoms with E-state index < -0.39 is 18.0 Å². The number of rotatable bonds is 9. The molecule has 0 radical (unpaired) electrons. The van der Waals surface area contributed by atoms with Gasteiger partial charge in [-0.3, -0.25) is 14.6 Å². The van der Waals surface area contributed by atoms with Crippen molar-refractivity contribution in [1.82, 2.24) is 10.3 Å². The lowest BCUT2D eigenvalue weighted by Gasteiger charge is -2.12. The van der Waals surface area contributed by atoms with Gasteiger partial charge in [-0.15, -0.1) is 0 Å². The smallest absolute Gasteiger partial charge is 0.435 e. The number of carbonyl (C=O) groups excluding carboxylic acids is 2. The fourth-order valence-electron chi connectivity index (χ4n) is 3.87.